The van der Waals surface area contributed by atoms with Gasteiger partial charge < -0.3 is 14.4 Å². The van der Waals surface area contributed by atoms with Crippen LogP contribution in [0.4, 0.5) is 0 Å². The van der Waals surface area contributed by atoms with Crippen molar-refractivity contribution in [2.45, 2.75) is 29.9 Å². The molecule has 1 N–H and O–H groups in total. The van der Waals surface area contributed by atoms with Gasteiger partial charge in [-0.05, 0) is 54.7 Å². The Morgan fingerprint density at radius 2 is 2.04 bits per heavy atom. The molecule has 0 aliphatic heterocycles. The molecule has 5 nitrogen and oxygen atoms in total. The Bertz CT molecular complexity index is 1020. The summed E-state index contributed by atoms with van der Waals surface area (Å²) in [4.78, 5) is 11.9. The second kappa shape index (κ2) is 8.29. The van der Waals surface area contributed by atoms with Crippen LogP contribution in [0.15, 0.2) is 51.9 Å². The van der Waals surface area contributed by atoms with Crippen molar-refractivity contribution in [3.8, 4) is 17.1 Å². The van der Waals surface area contributed by atoms with Crippen molar-refractivity contribution in [3.05, 3.63) is 64.3 Å². The van der Waals surface area contributed by atoms with E-state index < -0.39 is 5.97 Å². The first-order valence-electron chi connectivity index (χ1n) is 8.94. The SMILES string of the molecule is O=C(O)COc1ccc(SCc2cc(-c3ccccc3Cl)on2)c2c1CCC2. The van der Waals surface area contributed by atoms with Crippen LogP contribution in [0.5, 0.6) is 5.75 Å². The van der Waals surface area contributed by atoms with Crippen LogP contribution in [-0.2, 0) is 23.4 Å². The number of hydrogen-bond acceptors (Lipinski definition) is 5. The Balaban J connectivity index is 1.48. The third-order valence-electron chi connectivity index (χ3n) is 4.62. The highest BCUT2D eigenvalue weighted by molar-refractivity contribution is 7.98. The molecular formula is C21H18ClNO4S. The summed E-state index contributed by atoms with van der Waals surface area (Å²) < 4.78 is 10.9. The van der Waals surface area contributed by atoms with Crippen molar-refractivity contribution in [1.29, 1.82) is 0 Å². The number of fused-ring (bicyclic) bond motifs is 1. The normalized spacial score (nSPS) is 12.8. The smallest absolute Gasteiger partial charge is 0.341 e. The lowest BCUT2D eigenvalue weighted by molar-refractivity contribution is -0.139. The average Bonchev–Trinajstić information content (AvgIpc) is 3.35. The Labute approximate surface area is 171 Å². The van der Waals surface area contributed by atoms with Gasteiger partial charge in [-0.25, -0.2) is 4.79 Å². The lowest BCUT2D eigenvalue weighted by Crippen LogP contribution is -2.10. The monoisotopic (exact) mass is 415 g/mol. The number of halogens is 1. The van der Waals surface area contributed by atoms with Crippen LogP contribution in [0.3, 0.4) is 0 Å². The second-order valence-electron chi connectivity index (χ2n) is 6.51. The number of aromatic nitrogens is 1. The molecule has 1 aromatic heterocycles. The van der Waals surface area contributed by atoms with Gasteiger partial charge in [0.1, 0.15) is 5.75 Å². The van der Waals surface area contributed by atoms with E-state index >= 15 is 0 Å². The standard InChI is InChI=1S/C21H18ClNO4S/c22-17-7-2-1-4-16(17)19-10-13(23-27-19)12-28-20-9-8-18(26-11-21(24)25)14-5-3-6-15(14)20/h1-2,4,7-10H,3,5-6,11-12H2,(H,24,25). The minimum atomic E-state index is -0.967. The molecule has 7 heteroatoms. The molecule has 1 aliphatic rings. The van der Waals surface area contributed by atoms with Gasteiger partial charge in [-0.15, -0.1) is 11.8 Å². The largest absolute Gasteiger partial charge is 0.482 e. The van der Waals surface area contributed by atoms with Gasteiger partial charge in [0.2, 0.25) is 0 Å². The van der Waals surface area contributed by atoms with Crippen molar-refractivity contribution in [2.75, 3.05) is 6.61 Å². The molecule has 144 valence electrons. The number of carboxylic acids is 1. The number of ether oxygens (including phenoxy) is 1. The zero-order valence-electron chi connectivity index (χ0n) is 15.0. The predicted octanol–water partition coefficient (Wildman–Crippen LogP) is 5.24. The lowest BCUT2D eigenvalue weighted by Gasteiger charge is -2.12. The van der Waals surface area contributed by atoms with E-state index in [1.807, 2.05) is 42.5 Å². The fourth-order valence-corrected chi connectivity index (χ4v) is 4.60. The number of hydrogen-bond donors (Lipinski definition) is 1. The maximum absolute atomic E-state index is 10.8. The fraction of sp³-hybridized carbons (Fsp3) is 0.238. The van der Waals surface area contributed by atoms with Crippen LogP contribution >= 0.6 is 23.4 Å². The van der Waals surface area contributed by atoms with E-state index in [1.54, 1.807) is 11.8 Å². The van der Waals surface area contributed by atoms with Gasteiger partial charge in [0.05, 0.1) is 10.7 Å². The predicted molar refractivity (Wildman–Crippen MR) is 108 cm³/mol. The molecule has 0 amide bonds. The molecule has 0 fully saturated rings. The topological polar surface area (TPSA) is 72.6 Å². The number of thioether (sulfide) groups is 1. The van der Waals surface area contributed by atoms with Gasteiger partial charge >= 0.3 is 5.97 Å². The van der Waals surface area contributed by atoms with Crippen LogP contribution in [0.2, 0.25) is 5.02 Å². The molecular weight excluding hydrogens is 398 g/mol. The van der Waals surface area contributed by atoms with E-state index in [0.29, 0.717) is 22.3 Å². The highest BCUT2D eigenvalue weighted by Gasteiger charge is 2.20. The lowest BCUT2D eigenvalue weighted by atomic mass is 10.1. The maximum atomic E-state index is 10.8. The molecule has 0 spiro atoms. The minimum absolute atomic E-state index is 0.317. The van der Waals surface area contributed by atoms with E-state index in [-0.39, 0.29) is 6.61 Å². The zero-order chi connectivity index (χ0) is 19.5. The molecule has 0 saturated heterocycles. The van der Waals surface area contributed by atoms with Crippen LogP contribution in [-0.4, -0.2) is 22.8 Å². The molecule has 0 unspecified atom stereocenters. The first-order chi connectivity index (χ1) is 13.6. The summed E-state index contributed by atoms with van der Waals surface area (Å²) in [5.41, 5.74) is 4.05. The Kier molecular flexibility index (Phi) is 5.59. The summed E-state index contributed by atoms with van der Waals surface area (Å²) in [7, 11) is 0. The van der Waals surface area contributed by atoms with Crippen molar-refractivity contribution in [3.63, 3.8) is 0 Å². The van der Waals surface area contributed by atoms with Crippen molar-refractivity contribution >= 4 is 29.3 Å². The number of nitrogens with zero attached hydrogens (tertiary/aromatic N) is 1. The average molecular weight is 416 g/mol. The van der Waals surface area contributed by atoms with E-state index in [0.717, 1.165) is 36.1 Å². The summed E-state index contributed by atoms with van der Waals surface area (Å²) in [6.45, 7) is -0.317. The third kappa shape index (κ3) is 4.03. The molecule has 0 radical (unpaired) electrons. The number of benzene rings is 2. The quantitative estimate of drug-likeness (QED) is 0.532. The number of rotatable bonds is 7. The van der Waals surface area contributed by atoms with Crippen LogP contribution < -0.4 is 4.74 Å². The first kappa shape index (κ1) is 18.9. The molecule has 0 saturated carbocycles. The highest BCUT2D eigenvalue weighted by Crippen LogP contribution is 2.39. The van der Waals surface area contributed by atoms with E-state index in [1.165, 1.54) is 10.5 Å². The van der Waals surface area contributed by atoms with Crippen molar-refractivity contribution in [1.82, 2.24) is 5.16 Å². The Morgan fingerprint density at radius 1 is 1.21 bits per heavy atom. The van der Waals surface area contributed by atoms with Gasteiger partial charge in [-0.3, -0.25) is 0 Å². The summed E-state index contributed by atoms with van der Waals surface area (Å²) in [5.74, 6) is 1.05. The zero-order valence-corrected chi connectivity index (χ0v) is 16.6. The van der Waals surface area contributed by atoms with E-state index in [2.05, 4.69) is 5.16 Å². The summed E-state index contributed by atoms with van der Waals surface area (Å²) >= 11 is 7.92. The first-order valence-corrected chi connectivity index (χ1v) is 10.3. The van der Waals surface area contributed by atoms with Gasteiger partial charge in [0.15, 0.2) is 12.4 Å². The van der Waals surface area contributed by atoms with Gasteiger partial charge in [0.25, 0.3) is 0 Å². The Morgan fingerprint density at radius 3 is 2.86 bits per heavy atom. The van der Waals surface area contributed by atoms with Gasteiger partial charge in [-0.2, -0.15) is 0 Å². The van der Waals surface area contributed by atoms with Crippen molar-refractivity contribution in [2.24, 2.45) is 0 Å². The van der Waals surface area contributed by atoms with Crippen molar-refractivity contribution < 1.29 is 19.2 Å². The molecule has 2 aromatic carbocycles. The number of carbonyl (C=O) groups is 1. The number of aliphatic carboxylic acids is 1. The molecule has 3 aromatic rings. The van der Waals surface area contributed by atoms with Crippen LogP contribution in [0, 0.1) is 0 Å². The molecule has 0 atom stereocenters. The van der Waals surface area contributed by atoms with Gasteiger partial charge in [-0.1, -0.05) is 28.9 Å². The molecule has 28 heavy (non-hydrogen) atoms. The molecule has 1 aliphatic carbocycles. The summed E-state index contributed by atoms with van der Waals surface area (Å²) in [6, 6.07) is 13.3. The summed E-state index contributed by atoms with van der Waals surface area (Å²) in [5, 5.41) is 13.6. The molecule has 1 heterocycles. The maximum Gasteiger partial charge on any atom is 0.341 e. The third-order valence-corrected chi connectivity index (χ3v) is 6.09. The highest BCUT2D eigenvalue weighted by atomic mass is 35.5. The van der Waals surface area contributed by atoms with Crippen LogP contribution in [0.1, 0.15) is 23.2 Å². The number of carboxylic acid groups (broad SMARTS) is 1. The second-order valence-corrected chi connectivity index (χ2v) is 7.93. The fourth-order valence-electron chi connectivity index (χ4n) is 3.37. The van der Waals surface area contributed by atoms with Crippen LogP contribution in [0.25, 0.3) is 11.3 Å². The minimum Gasteiger partial charge on any atom is -0.482 e. The molecule has 0 bridgehead atoms. The van der Waals surface area contributed by atoms with E-state index in [4.69, 9.17) is 26.0 Å². The summed E-state index contributed by atoms with van der Waals surface area (Å²) in [6.07, 6.45) is 2.95. The van der Waals surface area contributed by atoms with E-state index in [9.17, 15) is 4.79 Å². The molecule has 4 rings (SSSR count). The van der Waals surface area contributed by atoms with Gasteiger partial charge in [0, 0.05) is 22.3 Å². The Hall–Kier alpha value is -2.44.